The summed E-state index contributed by atoms with van der Waals surface area (Å²) in [7, 11) is 0. The normalized spacial score (nSPS) is 24.1. The third kappa shape index (κ3) is 3.88. The molecule has 0 radical (unpaired) electrons. The van der Waals surface area contributed by atoms with Crippen molar-refractivity contribution in [2.75, 3.05) is 13.2 Å². The number of amides is 1. The average Bonchev–Trinajstić information content (AvgIpc) is 2.82. The van der Waals surface area contributed by atoms with Crippen LogP contribution in [0.15, 0.2) is 12.1 Å². The summed E-state index contributed by atoms with van der Waals surface area (Å²) in [5, 5.41) is 2.98. The molecular formula is C21H27NO4. The molecule has 5 nitrogen and oxygen atoms in total. The molecule has 0 aromatic heterocycles. The number of Topliss-reactive ketones (excluding diaryl/α,β-unsaturated/α-hetero) is 2. The molecule has 2 fully saturated rings. The topological polar surface area (TPSA) is 72.5 Å². The van der Waals surface area contributed by atoms with E-state index in [0.29, 0.717) is 13.2 Å². The molecule has 26 heavy (non-hydrogen) atoms. The van der Waals surface area contributed by atoms with E-state index in [9.17, 15) is 14.4 Å². The van der Waals surface area contributed by atoms with Crippen LogP contribution in [0, 0.1) is 26.7 Å². The molecule has 2 unspecified atom stereocenters. The van der Waals surface area contributed by atoms with Gasteiger partial charge in [-0.3, -0.25) is 14.4 Å². The van der Waals surface area contributed by atoms with Gasteiger partial charge in [0.25, 0.3) is 0 Å². The van der Waals surface area contributed by atoms with Crippen molar-refractivity contribution in [3.63, 3.8) is 0 Å². The summed E-state index contributed by atoms with van der Waals surface area (Å²) in [6.45, 7) is 7.20. The van der Waals surface area contributed by atoms with E-state index in [1.807, 2.05) is 32.9 Å². The highest BCUT2D eigenvalue weighted by Gasteiger charge is 2.43. The van der Waals surface area contributed by atoms with Crippen LogP contribution >= 0.6 is 0 Å². The zero-order chi connectivity index (χ0) is 18.8. The van der Waals surface area contributed by atoms with E-state index in [1.54, 1.807) is 0 Å². The molecule has 0 bridgehead atoms. The van der Waals surface area contributed by atoms with Gasteiger partial charge in [-0.05, 0) is 50.3 Å². The summed E-state index contributed by atoms with van der Waals surface area (Å²) < 4.78 is 5.29. The van der Waals surface area contributed by atoms with E-state index in [1.165, 1.54) is 0 Å². The number of ketones is 2. The first-order valence-corrected chi connectivity index (χ1v) is 9.38. The van der Waals surface area contributed by atoms with Gasteiger partial charge >= 0.3 is 0 Å². The largest absolute Gasteiger partial charge is 0.381 e. The molecule has 1 saturated heterocycles. The maximum absolute atomic E-state index is 12.9. The average molecular weight is 357 g/mol. The number of benzene rings is 1. The molecule has 0 spiro atoms. The third-order valence-corrected chi connectivity index (χ3v) is 5.50. The first-order chi connectivity index (χ1) is 12.4. The number of ether oxygens (including phenoxy) is 1. The Bertz CT molecular complexity index is 711. The van der Waals surface area contributed by atoms with Crippen molar-refractivity contribution >= 4 is 17.5 Å². The second kappa shape index (κ2) is 7.70. The Hall–Kier alpha value is -2.01. The first kappa shape index (κ1) is 18.8. The number of carbonyl (C=O) groups is 3. The molecule has 1 amide bonds. The summed E-state index contributed by atoms with van der Waals surface area (Å²) in [4.78, 5) is 37.8. The highest BCUT2D eigenvalue weighted by Crippen LogP contribution is 2.37. The van der Waals surface area contributed by atoms with Gasteiger partial charge in [0, 0.05) is 38.0 Å². The van der Waals surface area contributed by atoms with Crippen LogP contribution in [0.5, 0.6) is 0 Å². The second-order valence-corrected chi connectivity index (χ2v) is 7.67. The number of hydrogen-bond donors (Lipinski definition) is 1. The van der Waals surface area contributed by atoms with Crippen LogP contribution in [-0.2, 0) is 19.1 Å². The molecule has 1 aromatic rings. The van der Waals surface area contributed by atoms with Gasteiger partial charge in [-0.1, -0.05) is 17.7 Å². The number of aryl methyl sites for hydroxylation is 3. The Kier molecular flexibility index (Phi) is 5.56. The third-order valence-electron chi connectivity index (χ3n) is 5.50. The lowest BCUT2D eigenvalue weighted by atomic mass is 9.86. The Labute approximate surface area is 154 Å². The second-order valence-electron chi connectivity index (χ2n) is 7.67. The van der Waals surface area contributed by atoms with Crippen molar-refractivity contribution in [2.45, 2.75) is 58.4 Å². The molecule has 1 aliphatic carbocycles. The number of rotatable bonds is 4. The number of nitrogens with one attached hydrogen (secondary N) is 1. The minimum Gasteiger partial charge on any atom is -0.381 e. The van der Waals surface area contributed by atoms with E-state index in [4.69, 9.17) is 4.74 Å². The van der Waals surface area contributed by atoms with Crippen molar-refractivity contribution in [3.05, 3.63) is 34.4 Å². The lowest BCUT2D eigenvalue weighted by Crippen LogP contribution is -2.39. The molecule has 1 aromatic carbocycles. The Morgan fingerprint density at radius 2 is 1.73 bits per heavy atom. The van der Waals surface area contributed by atoms with Gasteiger partial charge in [-0.25, -0.2) is 0 Å². The number of hydrogen-bond acceptors (Lipinski definition) is 4. The molecule has 1 saturated carbocycles. The first-order valence-electron chi connectivity index (χ1n) is 9.38. The summed E-state index contributed by atoms with van der Waals surface area (Å²) in [5.74, 6) is -1.52. The monoisotopic (exact) mass is 357 g/mol. The highest BCUT2D eigenvalue weighted by molar-refractivity contribution is 6.15. The summed E-state index contributed by atoms with van der Waals surface area (Å²) in [6.07, 6.45) is 1.86. The van der Waals surface area contributed by atoms with Crippen LogP contribution in [0.25, 0.3) is 0 Å². The van der Waals surface area contributed by atoms with Crippen molar-refractivity contribution < 1.29 is 19.1 Å². The molecule has 2 atom stereocenters. The molecule has 2 aliphatic rings. The van der Waals surface area contributed by atoms with Crippen LogP contribution in [0.1, 0.15) is 53.9 Å². The lowest BCUT2D eigenvalue weighted by molar-refractivity contribution is -0.129. The fraction of sp³-hybridized carbons (Fsp3) is 0.571. The quantitative estimate of drug-likeness (QED) is 0.841. The molecule has 5 heteroatoms. The van der Waals surface area contributed by atoms with Crippen LogP contribution in [0.4, 0.5) is 0 Å². The predicted molar refractivity (Wildman–Crippen MR) is 98.1 cm³/mol. The van der Waals surface area contributed by atoms with Crippen molar-refractivity contribution in [3.8, 4) is 0 Å². The standard InChI is InChI=1S/C21H27NO4/c1-12-8-13(2)19(14(3)9-12)20-17(23)10-15(21(20)25)11-18(24)22-16-4-6-26-7-5-16/h8-9,15-16,20H,4-7,10-11H2,1-3H3,(H,22,24). The van der Waals surface area contributed by atoms with E-state index in [0.717, 1.165) is 35.1 Å². The molecule has 1 aliphatic heterocycles. The van der Waals surface area contributed by atoms with E-state index < -0.39 is 11.8 Å². The minimum absolute atomic E-state index is 0.0612. The number of carbonyl (C=O) groups excluding carboxylic acids is 3. The van der Waals surface area contributed by atoms with Gasteiger partial charge in [-0.2, -0.15) is 0 Å². The molecular weight excluding hydrogens is 330 g/mol. The summed E-state index contributed by atoms with van der Waals surface area (Å²) in [5.41, 5.74) is 3.90. The molecule has 140 valence electrons. The maximum atomic E-state index is 12.9. The zero-order valence-electron chi connectivity index (χ0n) is 15.8. The molecule has 1 N–H and O–H groups in total. The van der Waals surface area contributed by atoms with Crippen LogP contribution in [0.2, 0.25) is 0 Å². The zero-order valence-corrected chi connectivity index (χ0v) is 15.8. The van der Waals surface area contributed by atoms with Crippen molar-refractivity contribution in [2.24, 2.45) is 5.92 Å². The summed E-state index contributed by atoms with van der Waals surface area (Å²) in [6, 6.07) is 4.13. The molecule has 1 heterocycles. The fourth-order valence-electron chi connectivity index (χ4n) is 4.33. The Balaban J connectivity index is 1.70. The lowest BCUT2D eigenvalue weighted by Gasteiger charge is -2.23. The SMILES string of the molecule is Cc1cc(C)c(C2C(=O)CC(CC(=O)NC3CCOCC3)C2=O)c(C)c1. The van der Waals surface area contributed by atoms with Gasteiger partial charge in [0.15, 0.2) is 5.78 Å². The van der Waals surface area contributed by atoms with E-state index >= 15 is 0 Å². The van der Waals surface area contributed by atoms with Gasteiger partial charge in [-0.15, -0.1) is 0 Å². The summed E-state index contributed by atoms with van der Waals surface area (Å²) >= 11 is 0. The predicted octanol–water partition coefficient (Wildman–Crippen LogP) is 2.54. The fourth-order valence-corrected chi connectivity index (χ4v) is 4.33. The minimum atomic E-state index is -0.712. The van der Waals surface area contributed by atoms with Crippen molar-refractivity contribution in [1.82, 2.24) is 5.32 Å². The van der Waals surface area contributed by atoms with Gasteiger partial charge in [0.1, 0.15) is 11.7 Å². The van der Waals surface area contributed by atoms with Gasteiger partial charge in [0.2, 0.25) is 5.91 Å². The van der Waals surface area contributed by atoms with E-state index in [-0.39, 0.29) is 36.4 Å². The van der Waals surface area contributed by atoms with Crippen LogP contribution in [0.3, 0.4) is 0 Å². The smallest absolute Gasteiger partial charge is 0.220 e. The molecule has 3 rings (SSSR count). The van der Waals surface area contributed by atoms with Gasteiger partial charge in [0.05, 0.1) is 0 Å². The Morgan fingerprint density at radius 3 is 2.35 bits per heavy atom. The van der Waals surface area contributed by atoms with Gasteiger partial charge < -0.3 is 10.1 Å². The van der Waals surface area contributed by atoms with Crippen LogP contribution < -0.4 is 5.32 Å². The van der Waals surface area contributed by atoms with Crippen LogP contribution in [-0.4, -0.2) is 36.7 Å². The highest BCUT2D eigenvalue weighted by atomic mass is 16.5. The maximum Gasteiger partial charge on any atom is 0.220 e. The van der Waals surface area contributed by atoms with E-state index in [2.05, 4.69) is 5.32 Å². The Morgan fingerprint density at radius 1 is 1.12 bits per heavy atom. The van der Waals surface area contributed by atoms with Crippen molar-refractivity contribution in [1.29, 1.82) is 0 Å².